The number of halogens is 2. The molecular formula is C23H23Cl2Zr. The molecule has 2 aromatic rings. The van der Waals surface area contributed by atoms with Crippen molar-refractivity contribution in [3.8, 4) is 0 Å². The topological polar surface area (TPSA) is 0 Å². The third kappa shape index (κ3) is 4.62. The Bertz CT molecular complexity index is 766. The van der Waals surface area contributed by atoms with Crippen molar-refractivity contribution in [2.75, 3.05) is 0 Å². The molecule has 0 aliphatic heterocycles. The van der Waals surface area contributed by atoms with E-state index in [-0.39, 0.29) is 51.0 Å². The molecular weight excluding hydrogens is 438 g/mol. The maximum absolute atomic E-state index is 2.39. The van der Waals surface area contributed by atoms with Gasteiger partial charge in [0.25, 0.3) is 0 Å². The van der Waals surface area contributed by atoms with E-state index in [9.17, 15) is 0 Å². The maximum Gasteiger partial charge on any atom is 3.00 e. The van der Waals surface area contributed by atoms with Gasteiger partial charge in [-0.2, -0.15) is 12.8 Å². The van der Waals surface area contributed by atoms with Gasteiger partial charge in [-0.25, -0.2) is 0 Å². The van der Waals surface area contributed by atoms with Crippen LogP contribution in [0.3, 0.4) is 0 Å². The SMILES string of the molecule is CC[C-](CCC1C=Cc2ccccc21)C1C=Cc2ccccc21.[Cl-].[Cl-].[Zr+3]. The van der Waals surface area contributed by atoms with E-state index in [0.29, 0.717) is 11.8 Å². The molecule has 0 fully saturated rings. The molecule has 0 N–H and O–H groups in total. The summed E-state index contributed by atoms with van der Waals surface area (Å²) >= 11 is 0. The fourth-order valence-electron chi connectivity index (χ4n) is 4.07. The standard InChI is InChI=1S/C23H23.2ClH.Zr/c1-2-17(23-16-15-19-8-4-6-10-22(19)23)11-12-20-14-13-18-7-3-5-9-21(18)20;;;/h3-10,13-16,20,23H,2,11-12H2,1H3;2*1H;/q-1;;;+3/p-2. The minimum atomic E-state index is 0. The molecule has 2 aromatic carbocycles. The molecule has 1 radical (unpaired) electrons. The summed E-state index contributed by atoms with van der Waals surface area (Å²) in [5.41, 5.74) is 5.80. The zero-order chi connectivity index (χ0) is 15.6. The van der Waals surface area contributed by atoms with E-state index in [1.807, 2.05) is 0 Å². The second-order valence-electron chi connectivity index (χ2n) is 6.61. The van der Waals surface area contributed by atoms with Gasteiger partial charge in [-0.05, 0) is 16.7 Å². The van der Waals surface area contributed by atoms with E-state index < -0.39 is 0 Å². The number of fused-ring (bicyclic) bond motifs is 2. The van der Waals surface area contributed by atoms with Gasteiger partial charge in [0.1, 0.15) is 0 Å². The Labute approximate surface area is 189 Å². The first-order chi connectivity index (χ1) is 11.4. The quantitative estimate of drug-likeness (QED) is 0.565. The van der Waals surface area contributed by atoms with Gasteiger partial charge in [0.15, 0.2) is 0 Å². The van der Waals surface area contributed by atoms with Crippen molar-refractivity contribution in [2.24, 2.45) is 0 Å². The first-order valence-electron chi connectivity index (χ1n) is 8.75. The molecule has 0 aromatic heterocycles. The predicted molar refractivity (Wildman–Crippen MR) is 99.2 cm³/mol. The predicted octanol–water partition coefficient (Wildman–Crippen LogP) is 0.378. The first kappa shape index (κ1) is 23.4. The summed E-state index contributed by atoms with van der Waals surface area (Å²) in [7, 11) is 0. The van der Waals surface area contributed by atoms with Crippen LogP contribution in [0.2, 0.25) is 0 Å². The van der Waals surface area contributed by atoms with Crippen molar-refractivity contribution in [1.82, 2.24) is 0 Å². The Hall–Kier alpha value is -0.617. The van der Waals surface area contributed by atoms with E-state index in [1.54, 1.807) is 5.92 Å². The van der Waals surface area contributed by atoms with Crippen LogP contribution in [0.1, 0.15) is 60.3 Å². The molecule has 0 amide bonds. The Kier molecular flexibility index (Phi) is 9.59. The third-order valence-corrected chi connectivity index (χ3v) is 5.37. The fraction of sp³-hybridized carbons (Fsp3) is 0.261. The Morgan fingerprint density at radius 3 is 2.08 bits per heavy atom. The van der Waals surface area contributed by atoms with Gasteiger partial charge in [0.2, 0.25) is 0 Å². The molecule has 2 aliphatic rings. The van der Waals surface area contributed by atoms with Crippen LogP contribution in [-0.4, -0.2) is 0 Å². The van der Waals surface area contributed by atoms with Gasteiger partial charge in [-0.1, -0.05) is 85.7 Å². The maximum atomic E-state index is 2.39. The molecule has 0 spiro atoms. The summed E-state index contributed by atoms with van der Waals surface area (Å²) in [6.45, 7) is 2.31. The number of allylic oxidation sites excluding steroid dienone is 2. The van der Waals surface area contributed by atoms with Gasteiger partial charge in [0.05, 0.1) is 0 Å². The zero-order valence-electron chi connectivity index (χ0n) is 15.0. The van der Waals surface area contributed by atoms with Crippen LogP contribution < -0.4 is 24.8 Å². The minimum Gasteiger partial charge on any atom is -1.00 e. The molecule has 0 heterocycles. The van der Waals surface area contributed by atoms with Gasteiger partial charge in [-0.15, -0.1) is 12.0 Å². The average molecular weight is 462 g/mol. The van der Waals surface area contributed by atoms with E-state index in [0.717, 1.165) is 0 Å². The fourth-order valence-corrected chi connectivity index (χ4v) is 4.07. The summed E-state index contributed by atoms with van der Waals surface area (Å²) in [6, 6.07) is 17.6. The minimum absolute atomic E-state index is 0. The number of benzene rings is 2. The van der Waals surface area contributed by atoms with Crippen LogP contribution in [0.25, 0.3) is 12.2 Å². The summed E-state index contributed by atoms with van der Waals surface area (Å²) in [5.74, 6) is 2.79. The van der Waals surface area contributed by atoms with Crippen molar-refractivity contribution >= 4 is 12.2 Å². The van der Waals surface area contributed by atoms with E-state index in [4.69, 9.17) is 0 Å². The molecule has 2 atom stereocenters. The molecule has 0 saturated heterocycles. The van der Waals surface area contributed by atoms with Crippen molar-refractivity contribution in [3.05, 3.63) is 88.9 Å². The largest absolute Gasteiger partial charge is 3.00 e. The van der Waals surface area contributed by atoms with Crippen LogP contribution in [0.15, 0.2) is 60.7 Å². The molecule has 133 valence electrons. The molecule has 0 nitrogen and oxygen atoms in total. The van der Waals surface area contributed by atoms with Crippen LogP contribution >= 0.6 is 0 Å². The van der Waals surface area contributed by atoms with Crippen molar-refractivity contribution < 1.29 is 51.0 Å². The number of hydrogen-bond acceptors (Lipinski definition) is 0. The van der Waals surface area contributed by atoms with Gasteiger partial charge < -0.3 is 30.7 Å². The van der Waals surface area contributed by atoms with Crippen LogP contribution in [0, 0.1) is 5.92 Å². The van der Waals surface area contributed by atoms with Gasteiger partial charge in [0, 0.05) is 5.92 Å². The second-order valence-corrected chi connectivity index (χ2v) is 6.61. The zero-order valence-corrected chi connectivity index (χ0v) is 18.9. The third-order valence-electron chi connectivity index (χ3n) is 5.37. The van der Waals surface area contributed by atoms with Gasteiger partial charge in [-0.3, -0.25) is 0 Å². The summed E-state index contributed by atoms with van der Waals surface area (Å²) < 4.78 is 0. The number of hydrogen-bond donors (Lipinski definition) is 0. The smallest absolute Gasteiger partial charge is 1.00 e. The molecule has 0 saturated carbocycles. The van der Waals surface area contributed by atoms with Gasteiger partial charge >= 0.3 is 26.2 Å². The van der Waals surface area contributed by atoms with E-state index >= 15 is 0 Å². The van der Waals surface area contributed by atoms with E-state index in [2.05, 4.69) is 79.8 Å². The summed E-state index contributed by atoms with van der Waals surface area (Å²) in [6.07, 6.45) is 13.0. The Morgan fingerprint density at radius 1 is 0.808 bits per heavy atom. The second kappa shape index (κ2) is 10.6. The Morgan fingerprint density at radius 2 is 1.38 bits per heavy atom. The first-order valence-corrected chi connectivity index (χ1v) is 8.75. The molecule has 4 rings (SSSR count). The summed E-state index contributed by atoms with van der Waals surface area (Å²) in [4.78, 5) is 0. The van der Waals surface area contributed by atoms with Crippen molar-refractivity contribution in [2.45, 2.75) is 38.0 Å². The average Bonchev–Trinajstić information content (AvgIpc) is 3.20. The van der Waals surface area contributed by atoms with Crippen molar-refractivity contribution in [1.29, 1.82) is 0 Å². The molecule has 0 bridgehead atoms. The monoisotopic (exact) mass is 459 g/mol. The van der Waals surface area contributed by atoms with Crippen LogP contribution in [0.4, 0.5) is 0 Å². The van der Waals surface area contributed by atoms with E-state index in [1.165, 1.54) is 41.5 Å². The molecule has 26 heavy (non-hydrogen) atoms. The van der Waals surface area contributed by atoms with Crippen LogP contribution in [-0.2, 0) is 26.2 Å². The molecule has 3 heteroatoms. The summed E-state index contributed by atoms with van der Waals surface area (Å²) in [5, 5.41) is 0. The van der Waals surface area contributed by atoms with Crippen LogP contribution in [0.5, 0.6) is 0 Å². The molecule has 2 unspecified atom stereocenters. The number of rotatable bonds is 5. The Balaban J connectivity index is 0.00000113. The normalized spacial score (nSPS) is 18.5. The molecule has 2 aliphatic carbocycles. The van der Waals surface area contributed by atoms with Crippen molar-refractivity contribution in [3.63, 3.8) is 0 Å².